The first-order chi connectivity index (χ1) is 9.54. The third-order valence-electron chi connectivity index (χ3n) is 4.09. The Morgan fingerprint density at radius 1 is 1.25 bits per heavy atom. The van der Waals surface area contributed by atoms with Gasteiger partial charge in [0.2, 0.25) is 0 Å². The molecule has 2 unspecified atom stereocenters. The molecule has 3 heteroatoms. The summed E-state index contributed by atoms with van der Waals surface area (Å²) in [5.41, 5.74) is 1.22. The number of likely N-dealkylation sites (tertiary alicyclic amines) is 1. The second kappa shape index (κ2) is 7.19. The lowest BCUT2D eigenvalue weighted by Crippen LogP contribution is -2.50. The van der Waals surface area contributed by atoms with Crippen molar-refractivity contribution in [3.05, 3.63) is 35.6 Å². The first kappa shape index (κ1) is 15.5. The number of piperidine rings is 1. The van der Waals surface area contributed by atoms with E-state index in [1.165, 1.54) is 24.9 Å². The Balaban J connectivity index is 1.88. The van der Waals surface area contributed by atoms with Crippen LogP contribution < -0.4 is 5.32 Å². The second-order valence-corrected chi connectivity index (χ2v) is 6.34. The fourth-order valence-electron chi connectivity index (χ4n) is 3.10. The van der Waals surface area contributed by atoms with Gasteiger partial charge in [-0.3, -0.25) is 4.90 Å². The minimum atomic E-state index is -0.152. The molecule has 112 valence electrons. The Labute approximate surface area is 122 Å². The van der Waals surface area contributed by atoms with Gasteiger partial charge in [0.05, 0.1) is 0 Å². The lowest BCUT2D eigenvalue weighted by Gasteiger charge is -2.38. The van der Waals surface area contributed by atoms with Gasteiger partial charge in [-0.15, -0.1) is 0 Å². The minimum absolute atomic E-state index is 0.152. The third kappa shape index (κ3) is 4.57. The maximum absolute atomic E-state index is 12.9. The van der Waals surface area contributed by atoms with Crippen LogP contribution in [0.1, 0.15) is 39.2 Å². The average Bonchev–Trinajstić information content (AvgIpc) is 2.41. The molecular weight excluding hydrogens is 251 g/mol. The van der Waals surface area contributed by atoms with Gasteiger partial charge in [-0.1, -0.05) is 26.0 Å². The van der Waals surface area contributed by atoms with Gasteiger partial charge in [-0.2, -0.15) is 0 Å². The highest BCUT2D eigenvalue weighted by Gasteiger charge is 2.23. The summed E-state index contributed by atoms with van der Waals surface area (Å²) in [6.45, 7) is 9.00. The molecule has 1 N–H and O–H groups in total. The summed E-state index contributed by atoms with van der Waals surface area (Å²) < 4.78 is 12.9. The van der Waals surface area contributed by atoms with E-state index < -0.39 is 0 Å². The van der Waals surface area contributed by atoms with Gasteiger partial charge in [-0.05, 0) is 50.4 Å². The average molecular weight is 278 g/mol. The molecule has 0 aromatic heterocycles. The summed E-state index contributed by atoms with van der Waals surface area (Å²) in [6.07, 6.45) is 3.53. The van der Waals surface area contributed by atoms with Crippen LogP contribution in [0, 0.1) is 5.82 Å². The number of halogens is 1. The smallest absolute Gasteiger partial charge is 0.123 e. The van der Waals surface area contributed by atoms with E-state index in [1.807, 2.05) is 12.1 Å². The highest BCUT2D eigenvalue weighted by molar-refractivity contribution is 5.17. The molecule has 1 aliphatic heterocycles. The van der Waals surface area contributed by atoms with E-state index >= 15 is 0 Å². The minimum Gasteiger partial charge on any atom is -0.311 e. The topological polar surface area (TPSA) is 15.3 Å². The Kier molecular flexibility index (Phi) is 5.55. The highest BCUT2D eigenvalue weighted by atomic mass is 19.1. The standard InChI is InChI=1S/C17H27FN2/c1-13(2)19-17-5-4-10-20(12-17)14(3)11-15-6-8-16(18)9-7-15/h6-9,13-14,17,19H,4-5,10-12H2,1-3H3. The molecule has 1 aliphatic rings. The Morgan fingerprint density at radius 2 is 1.95 bits per heavy atom. The van der Waals surface area contributed by atoms with E-state index in [0.29, 0.717) is 18.1 Å². The zero-order valence-electron chi connectivity index (χ0n) is 12.9. The summed E-state index contributed by atoms with van der Waals surface area (Å²) in [5, 5.41) is 3.65. The second-order valence-electron chi connectivity index (χ2n) is 6.34. The SMILES string of the molecule is CC(C)NC1CCCN(C(C)Cc2ccc(F)cc2)C1. The molecule has 0 saturated carbocycles. The van der Waals surface area contributed by atoms with E-state index in [4.69, 9.17) is 0 Å². The van der Waals surface area contributed by atoms with Crippen LogP contribution in [0.5, 0.6) is 0 Å². The van der Waals surface area contributed by atoms with Gasteiger partial charge >= 0.3 is 0 Å². The van der Waals surface area contributed by atoms with E-state index in [9.17, 15) is 4.39 Å². The van der Waals surface area contributed by atoms with Crippen molar-refractivity contribution in [3.8, 4) is 0 Å². The lowest BCUT2D eigenvalue weighted by atomic mass is 10.00. The molecule has 2 rings (SSSR count). The molecule has 1 heterocycles. The molecule has 1 aromatic rings. The van der Waals surface area contributed by atoms with Crippen LogP contribution in [0.15, 0.2) is 24.3 Å². The summed E-state index contributed by atoms with van der Waals surface area (Å²) in [6, 6.07) is 8.59. The highest BCUT2D eigenvalue weighted by Crippen LogP contribution is 2.16. The normalized spacial score (nSPS) is 22.1. The zero-order valence-corrected chi connectivity index (χ0v) is 12.9. The number of hydrogen-bond acceptors (Lipinski definition) is 2. The Morgan fingerprint density at radius 3 is 2.60 bits per heavy atom. The van der Waals surface area contributed by atoms with Crippen molar-refractivity contribution < 1.29 is 4.39 Å². The monoisotopic (exact) mass is 278 g/mol. The van der Waals surface area contributed by atoms with Crippen LogP contribution in [-0.2, 0) is 6.42 Å². The van der Waals surface area contributed by atoms with Crippen molar-refractivity contribution in [1.82, 2.24) is 10.2 Å². The van der Waals surface area contributed by atoms with Crippen LogP contribution in [-0.4, -0.2) is 36.1 Å². The molecule has 1 saturated heterocycles. The molecule has 0 radical (unpaired) electrons. The molecule has 2 nitrogen and oxygen atoms in total. The van der Waals surface area contributed by atoms with Crippen LogP contribution >= 0.6 is 0 Å². The summed E-state index contributed by atoms with van der Waals surface area (Å²) in [7, 11) is 0. The maximum Gasteiger partial charge on any atom is 0.123 e. The molecule has 0 aliphatic carbocycles. The van der Waals surface area contributed by atoms with Crippen LogP contribution in [0.3, 0.4) is 0 Å². The molecule has 0 amide bonds. The quantitative estimate of drug-likeness (QED) is 0.889. The molecule has 20 heavy (non-hydrogen) atoms. The Hall–Kier alpha value is -0.930. The maximum atomic E-state index is 12.9. The van der Waals surface area contributed by atoms with Crippen molar-refractivity contribution in [3.63, 3.8) is 0 Å². The van der Waals surface area contributed by atoms with Crippen LogP contribution in [0.4, 0.5) is 4.39 Å². The number of hydrogen-bond donors (Lipinski definition) is 1. The molecular formula is C17H27FN2. The number of nitrogens with one attached hydrogen (secondary N) is 1. The van der Waals surface area contributed by atoms with Gasteiger partial charge in [0.1, 0.15) is 5.82 Å². The van der Waals surface area contributed by atoms with E-state index in [-0.39, 0.29) is 5.82 Å². The molecule has 0 bridgehead atoms. The van der Waals surface area contributed by atoms with Gasteiger partial charge < -0.3 is 5.32 Å². The molecule has 0 spiro atoms. The van der Waals surface area contributed by atoms with Gasteiger partial charge in [0, 0.05) is 24.7 Å². The number of benzene rings is 1. The first-order valence-corrected chi connectivity index (χ1v) is 7.79. The van der Waals surface area contributed by atoms with Crippen molar-refractivity contribution >= 4 is 0 Å². The van der Waals surface area contributed by atoms with Gasteiger partial charge in [0.15, 0.2) is 0 Å². The zero-order chi connectivity index (χ0) is 14.5. The van der Waals surface area contributed by atoms with E-state index in [0.717, 1.165) is 13.0 Å². The van der Waals surface area contributed by atoms with Gasteiger partial charge in [-0.25, -0.2) is 4.39 Å². The lowest BCUT2D eigenvalue weighted by molar-refractivity contribution is 0.141. The van der Waals surface area contributed by atoms with Crippen LogP contribution in [0.2, 0.25) is 0 Å². The predicted molar refractivity (Wildman–Crippen MR) is 82.4 cm³/mol. The van der Waals surface area contributed by atoms with Gasteiger partial charge in [0.25, 0.3) is 0 Å². The first-order valence-electron chi connectivity index (χ1n) is 7.79. The summed E-state index contributed by atoms with van der Waals surface area (Å²) >= 11 is 0. The van der Waals surface area contributed by atoms with E-state index in [1.54, 1.807) is 12.1 Å². The van der Waals surface area contributed by atoms with E-state index in [2.05, 4.69) is 31.0 Å². The largest absolute Gasteiger partial charge is 0.311 e. The predicted octanol–water partition coefficient (Wildman–Crippen LogP) is 3.22. The van der Waals surface area contributed by atoms with Crippen molar-refractivity contribution in [2.24, 2.45) is 0 Å². The molecule has 1 fully saturated rings. The van der Waals surface area contributed by atoms with Crippen LogP contribution in [0.25, 0.3) is 0 Å². The number of nitrogens with zero attached hydrogens (tertiary/aromatic N) is 1. The fraction of sp³-hybridized carbons (Fsp3) is 0.647. The summed E-state index contributed by atoms with van der Waals surface area (Å²) in [5.74, 6) is -0.152. The van der Waals surface area contributed by atoms with Crippen molar-refractivity contribution in [2.45, 2.75) is 58.2 Å². The van der Waals surface area contributed by atoms with Crippen molar-refractivity contribution in [2.75, 3.05) is 13.1 Å². The number of rotatable bonds is 5. The molecule has 1 aromatic carbocycles. The third-order valence-corrected chi connectivity index (χ3v) is 4.09. The molecule has 2 atom stereocenters. The summed E-state index contributed by atoms with van der Waals surface area (Å²) in [4.78, 5) is 2.56. The Bertz CT molecular complexity index is 402. The fourth-order valence-corrected chi connectivity index (χ4v) is 3.10. The van der Waals surface area contributed by atoms with Crippen molar-refractivity contribution in [1.29, 1.82) is 0 Å².